The van der Waals surface area contributed by atoms with Crippen LogP contribution in [0.5, 0.6) is 0 Å². The lowest BCUT2D eigenvalue weighted by molar-refractivity contribution is -0.139. The first-order valence-corrected chi connectivity index (χ1v) is 6.54. The first kappa shape index (κ1) is 15.5. The molecular weight excluding hydrogens is 279 g/mol. The van der Waals surface area contributed by atoms with E-state index < -0.39 is 17.8 Å². The quantitative estimate of drug-likeness (QED) is 0.928. The van der Waals surface area contributed by atoms with Crippen LogP contribution in [-0.4, -0.2) is 10.1 Å². The van der Waals surface area contributed by atoms with E-state index >= 15 is 0 Å². The number of aryl methyl sites for hydroxylation is 2. The summed E-state index contributed by atoms with van der Waals surface area (Å²) in [7, 11) is 0. The van der Waals surface area contributed by atoms with Crippen molar-refractivity contribution >= 4 is 0 Å². The largest absolute Gasteiger partial charge is 0.416 e. The summed E-state index contributed by atoms with van der Waals surface area (Å²) in [5.74, 6) is 0. The third kappa shape index (κ3) is 3.61. The molecule has 1 unspecified atom stereocenters. The number of aromatic nitrogens is 1. The third-order valence-corrected chi connectivity index (χ3v) is 3.43. The molecule has 1 aromatic heterocycles. The molecule has 112 valence electrons. The Morgan fingerprint density at radius 2 is 1.90 bits per heavy atom. The fourth-order valence-corrected chi connectivity index (χ4v) is 2.27. The fourth-order valence-electron chi connectivity index (χ4n) is 2.27. The van der Waals surface area contributed by atoms with Crippen LogP contribution in [-0.2, 0) is 12.6 Å². The van der Waals surface area contributed by atoms with Crippen molar-refractivity contribution in [3.63, 3.8) is 0 Å². The zero-order chi connectivity index (χ0) is 15.6. The van der Waals surface area contributed by atoms with E-state index in [1.807, 2.05) is 32.0 Å². The van der Waals surface area contributed by atoms with Gasteiger partial charge < -0.3 is 5.11 Å². The molecule has 0 bridgehead atoms. The van der Waals surface area contributed by atoms with Crippen LogP contribution in [0.2, 0.25) is 0 Å². The highest BCUT2D eigenvalue weighted by Crippen LogP contribution is 2.35. The van der Waals surface area contributed by atoms with Gasteiger partial charge in [0.2, 0.25) is 0 Å². The maximum Gasteiger partial charge on any atom is 0.416 e. The van der Waals surface area contributed by atoms with Gasteiger partial charge in [-0.1, -0.05) is 23.8 Å². The number of pyridine rings is 1. The molecule has 0 aliphatic rings. The van der Waals surface area contributed by atoms with E-state index in [-0.39, 0.29) is 12.0 Å². The van der Waals surface area contributed by atoms with Crippen LogP contribution in [0.3, 0.4) is 0 Å². The second-order valence-corrected chi connectivity index (χ2v) is 5.11. The van der Waals surface area contributed by atoms with E-state index in [2.05, 4.69) is 4.98 Å². The minimum Gasteiger partial charge on any atom is -0.388 e. The third-order valence-electron chi connectivity index (χ3n) is 3.43. The minimum absolute atomic E-state index is 0.127. The lowest BCUT2D eigenvalue weighted by atomic mass is 9.95. The van der Waals surface area contributed by atoms with E-state index in [0.717, 1.165) is 35.2 Å². The first-order valence-electron chi connectivity index (χ1n) is 6.54. The van der Waals surface area contributed by atoms with Crippen LogP contribution in [0, 0.1) is 13.8 Å². The number of aliphatic hydroxyl groups excluding tert-OH is 1. The summed E-state index contributed by atoms with van der Waals surface area (Å²) in [4.78, 5) is 3.70. The number of alkyl halides is 3. The van der Waals surface area contributed by atoms with Gasteiger partial charge in [-0.2, -0.15) is 13.2 Å². The average molecular weight is 295 g/mol. The highest BCUT2D eigenvalue weighted by molar-refractivity contribution is 5.34. The lowest BCUT2D eigenvalue weighted by Crippen LogP contribution is -2.14. The Balaban J connectivity index is 2.33. The zero-order valence-electron chi connectivity index (χ0n) is 11.8. The van der Waals surface area contributed by atoms with Gasteiger partial charge in [-0.15, -0.1) is 0 Å². The van der Waals surface area contributed by atoms with E-state index in [1.54, 1.807) is 0 Å². The van der Waals surface area contributed by atoms with Crippen LogP contribution in [0.15, 0.2) is 36.7 Å². The van der Waals surface area contributed by atoms with Gasteiger partial charge in [0.25, 0.3) is 0 Å². The normalized spacial score (nSPS) is 13.2. The summed E-state index contributed by atoms with van der Waals surface area (Å²) in [6.45, 7) is 3.77. The van der Waals surface area contributed by atoms with Gasteiger partial charge in [-0.25, -0.2) is 0 Å². The molecule has 2 aromatic rings. The number of aliphatic hydroxyl groups is 1. The Morgan fingerprint density at radius 3 is 2.57 bits per heavy atom. The van der Waals surface area contributed by atoms with Crippen LogP contribution >= 0.6 is 0 Å². The molecule has 2 nitrogen and oxygen atoms in total. The molecule has 0 amide bonds. The Morgan fingerprint density at radius 1 is 1.19 bits per heavy atom. The number of rotatable bonds is 3. The van der Waals surface area contributed by atoms with Crippen molar-refractivity contribution in [2.24, 2.45) is 0 Å². The predicted molar refractivity (Wildman–Crippen MR) is 73.8 cm³/mol. The smallest absolute Gasteiger partial charge is 0.388 e. The van der Waals surface area contributed by atoms with Crippen LogP contribution in [0.1, 0.15) is 33.9 Å². The Labute approximate surface area is 121 Å². The lowest BCUT2D eigenvalue weighted by Gasteiger charge is -2.18. The van der Waals surface area contributed by atoms with Crippen LogP contribution in [0.25, 0.3) is 0 Å². The van der Waals surface area contributed by atoms with Crippen molar-refractivity contribution in [1.82, 2.24) is 4.98 Å². The number of halogens is 3. The number of hydrogen-bond acceptors (Lipinski definition) is 2. The summed E-state index contributed by atoms with van der Waals surface area (Å²) in [6.07, 6.45) is -3.45. The molecular formula is C16H16F3NO. The second kappa shape index (κ2) is 5.85. The van der Waals surface area contributed by atoms with Crippen molar-refractivity contribution in [2.45, 2.75) is 32.5 Å². The van der Waals surface area contributed by atoms with Gasteiger partial charge in [0.1, 0.15) is 0 Å². The van der Waals surface area contributed by atoms with E-state index in [4.69, 9.17) is 0 Å². The molecule has 1 aromatic carbocycles. The summed E-state index contributed by atoms with van der Waals surface area (Å²) < 4.78 is 38.9. The Bertz CT molecular complexity index is 638. The minimum atomic E-state index is -4.50. The van der Waals surface area contributed by atoms with E-state index in [9.17, 15) is 18.3 Å². The zero-order valence-corrected chi connectivity index (χ0v) is 11.8. The van der Waals surface area contributed by atoms with Crippen LogP contribution in [0.4, 0.5) is 13.2 Å². The maximum atomic E-state index is 13.0. The first-order chi connectivity index (χ1) is 9.79. The topological polar surface area (TPSA) is 33.1 Å². The summed E-state index contributed by atoms with van der Waals surface area (Å²) in [5.41, 5.74) is 1.75. The molecule has 1 N–H and O–H groups in total. The van der Waals surface area contributed by atoms with Crippen molar-refractivity contribution in [2.75, 3.05) is 0 Å². The van der Waals surface area contributed by atoms with Gasteiger partial charge >= 0.3 is 6.18 Å². The molecule has 0 aliphatic heterocycles. The Kier molecular flexibility index (Phi) is 4.32. The SMILES string of the molecule is Cc1ccc(C)c(CC(O)c2cnccc2C(F)(F)F)c1. The van der Waals surface area contributed by atoms with Crippen molar-refractivity contribution in [3.05, 3.63) is 64.5 Å². The molecule has 21 heavy (non-hydrogen) atoms. The predicted octanol–water partition coefficient (Wildman–Crippen LogP) is 3.99. The van der Waals surface area contributed by atoms with Gasteiger partial charge in [0.15, 0.2) is 0 Å². The highest BCUT2D eigenvalue weighted by atomic mass is 19.4. The summed E-state index contributed by atoms with van der Waals surface area (Å²) >= 11 is 0. The molecule has 0 aliphatic carbocycles. The fraction of sp³-hybridized carbons (Fsp3) is 0.312. The number of nitrogens with zero attached hydrogens (tertiary/aromatic N) is 1. The molecule has 0 fully saturated rings. The second-order valence-electron chi connectivity index (χ2n) is 5.11. The number of hydrogen-bond donors (Lipinski definition) is 1. The Hall–Kier alpha value is -1.88. The highest BCUT2D eigenvalue weighted by Gasteiger charge is 2.35. The monoisotopic (exact) mass is 295 g/mol. The molecule has 2 rings (SSSR count). The average Bonchev–Trinajstić information content (AvgIpc) is 2.42. The van der Waals surface area contributed by atoms with Gasteiger partial charge in [0, 0.05) is 24.4 Å². The maximum absolute atomic E-state index is 13.0. The van der Waals surface area contributed by atoms with Gasteiger partial charge in [-0.3, -0.25) is 4.98 Å². The molecule has 0 radical (unpaired) electrons. The van der Waals surface area contributed by atoms with Gasteiger partial charge in [0.05, 0.1) is 11.7 Å². The molecule has 0 saturated carbocycles. The molecule has 0 saturated heterocycles. The number of benzene rings is 1. The van der Waals surface area contributed by atoms with Crippen molar-refractivity contribution < 1.29 is 18.3 Å². The molecule has 0 spiro atoms. The van der Waals surface area contributed by atoms with Crippen molar-refractivity contribution in [1.29, 1.82) is 0 Å². The van der Waals surface area contributed by atoms with Gasteiger partial charge in [-0.05, 0) is 31.0 Å². The molecule has 5 heteroatoms. The van der Waals surface area contributed by atoms with E-state index in [0.29, 0.717) is 0 Å². The standard InChI is InChI=1S/C16H16F3NO/c1-10-3-4-11(2)12(7-10)8-15(21)13-9-20-6-5-14(13)16(17,18)19/h3-7,9,15,21H,8H2,1-2H3. The van der Waals surface area contributed by atoms with Crippen LogP contribution < -0.4 is 0 Å². The summed E-state index contributed by atoms with van der Waals surface area (Å²) in [5, 5.41) is 10.2. The van der Waals surface area contributed by atoms with Crippen molar-refractivity contribution in [3.8, 4) is 0 Å². The molecule has 1 heterocycles. The molecule has 1 atom stereocenters. The van der Waals surface area contributed by atoms with E-state index in [1.165, 1.54) is 0 Å². The summed E-state index contributed by atoms with van der Waals surface area (Å²) in [6, 6.07) is 6.59.